The quantitative estimate of drug-likeness (QED) is 0.590. The maximum absolute atomic E-state index is 8.07. The lowest BCUT2D eigenvalue weighted by Crippen LogP contribution is -2.28. The molecule has 0 saturated heterocycles. The van der Waals surface area contributed by atoms with E-state index in [-0.39, 0.29) is 0 Å². The Labute approximate surface area is 147 Å². The van der Waals surface area contributed by atoms with E-state index in [4.69, 9.17) is 17.0 Å². The molecule has 1 N–H and O–H groups in total. The summed E-state index contributed by atoms with van der Waals surface area (Å²) < 4.78 is 0. The highest BCUT2D eigenvalue weighted by Crippen LogP contribution is 2.37. The molecule has 0 aliphatic carbocycles. The monoisotopic (exact) mass is 347 g/mol. The number of thiophene rings is 1. The number of hydrogen-bond acceptors (Lipinski definition) is 3. The van der Waals surface area contributed by atoms with Crippen LogP contribution in [0.3, 0.4) is 0 Å². The lowest BCUT2D eigenvalue weighted by molar-refractivity contribution is 1.05. The van der Waals surface area contributed by atoms with Gasteiger partial charge in [-0.1, -0.05) is 23.7 Å². The minimum absolute atomic E-state index is 0.543. The van der Waals surface area contributed by atoms with Gasteiger partial charge >= 0.3 is 0 Å². The summed E-state index contributed by atoms with van der Waals surface area (Å²) in [6, 6.07) is 7.76. The number of hydrogen-bond donors (Lipinski definition) is 1. The second-order valence-electron chi connectivity index (χ2n) is 5.37. The first-order chi connectivity index (χ1) is 10.9. The van der Waals surface area contributed by atoms with Crippen LogP contribution in [0.2, 0.25) is 5.02 Å². The van der Waals surface area contributed by atoms with E-state index >= 15 is 0 Å². The zero-order valence-electron chi connectivity index (χ0n) is 14.2. The minimum Gasteiger partial charge on any atom is -0.322 e. The van der Waals surface area contributed by atoms with Gasteiger partial charge in [-0.05, 0) is 45.4 Å². The van der Waals surface area contributed by atoms with Crippen LogP contribution in [-0.2, 0) is 0 Å². The van der Waals surface area contributed by atoms with Crippen LogP contribution in [0.1, 0.15) is 35.4 Å². The maximum atomic E-state index is 8.07. The van der Waals surface area contributed by atoms with E-state index in [2.05, 4.69) is 25.8 Å². The molecule has 0 atom stereocenters. The first kappa shape index (κ1) is 17.7. The van der Waals surface area contributed by atoms with Gasteiger partial charge in [-0.25, -0.2) is 0 Å². The average molecular weight is 348 g/mol. The Bertz CT molecular complexity index is 744. The van der Waals surface area contributed by atoms with E-state index in [1.807, 2.05) is 43.1 Å². The van der Waals surface area contributed by atoms with Crippen molar-refractivity contribution in [1.82, 2.24) is 0 Å². The van der Waals surface area contributed by atoms with Crippen LogP contribution in [0.4, 0.5) is 5.00 Å². The number of amidine groups is 1. The molecule has 0 amide bonds. The molecule has 0 aliphatic rings. The number of aryl methyl sites for hydroxylation is 1. The second kappa shape index (κ2) is 7.28. The van der Waals surface area contributed by atoms with E-state index in [0.717, 1.165) is 28.4 Å². The van der Waals surface area contributed by atoms with Crippen LogP contribution in [-0.4, -0.2) is 25.1 Å². The van der Waals surface area contributed by atoms with E-state index in [1.165, 1.54) is 10.4 Å². The van der Waals surface area contributed by atoms with Gasteiger partial charge in [0.15, 0.2) is 0 Å². The summed E-state index contributed by atoms with van der Waals surface area (Å²) in [5, 5.41) is 9.88. The van der Waals surface area contributed by atoms with Crippen LogP contribution in [0.15, 0.2) is 29.3 Å². The summed E-state index contributed by atoms with van der Waals surface area (Å²) in [5.41, 5.74) is 4.32. The molecule has 2 aromatic rings. The van der Waals surface area contributed by atoms with E-state index in [9.17, 15) is 0 Å². The van der Waals surface area contributed by atoms with Crippen molar-refractivity contribution >= 4 is 39.5 Å². The molecule has 1 aromatic carbocycles. The van der Waals surface area contributed by atoms with E-state index < -0.39 is 0 Å². The molecule has 0 aliphatic heterocycles. The molecule has 1 heterocycles. The molecule has 0 radical (unpaired) electrons. The largest absolute Gasteiger partial charge is 0.322 e. The fourth-order valence-electron chi connectivity index (χ4n) is 2.60. The van der Waals surface area contributed by atoms with Crippen LogP contribution >= 0.6 is 22.9 Å². The van der Waals surface area contributed by atoms with Crippen molar-refractivity contribution in [1.29, 1.82) is 5.41 Å². The van der Waals surface area contributed by atoms with Crippen molar-refractivity contribution in [2.75, 3.05) is 18.5 Å². The molecule has 0 bridgehead atoms. The Hall–Kier alpha value is -1.65. The van der Waals surface area contributed by atoms with Gasteiger partial charge in [0.2, 0.25) is 0 Å². The maximum Gasteiger partial charge on any atom is 0.106 e. The van der Waals surface area contributed by atoms with Crippen molar-refractivity contribution in [3.05, 3.63) is 50.9 Å². The number of rotatable bonds is 4. The summed E-state index contributed by atoms with van der Waals surface area (Å²) in [6.07, 6.45) is 0. The number of nitrogens with zero attached hydrogens (tertiary/aromatic N) is 2. The molecule has 23 heavy (non-hydrogen) atoms. The fraction of sp³-hybridized carbons (Fsp3) is 0.333. The molecule has 0 spiro atoms. The Morgan fingerprint density at radius 1 is 1.26 bits per heavy atom. The molecule has 0 saturated carbocycles. The highest BCUT2D eigenvalue weighted by Gasteiger charge is 2.23. The Balaban J connectivity index is 2.65. The Morgan fingerprint density at radius 2 is 1.87 bits per heavy atom. The van der Waals surface area contributed by atoms with Gasteiger partial charge in [-0.15, -0.1) is 11.3 Å². The molecule has 1 aromatic heterocycles. The summed E-state index contributed by atoms with van der Waals surface area (Å²) in [6.45, 7) is 8.90. The second-order valence-corrected chi connectivity index (χ2v) is 7.01. The summed E-state index contributed by atoms with van der Waals surface area (Å²) in [5.74, 6) is 0.543. The SMILES string of the molecule is CCN(C(C)=N)c1sc(C)c(C)c1/C(=N\C)c1ccc(Cl)cc1. The number of halogens is 1. The first-order valence-electron chi connectivity index (χ1n) is 7.56. The summed E-state index contributed by atoms with van der Waals surface area (Å²) in [7, 11) is 1.81. The van der Waals surface area contributed by atoms with Crippen LogP contribution < -0.4 is 4.90 Å². The molecule has 0 unspecified atom stereocenters. The van der Waals surface area contributed by atoms with Crippen molar-refractivity contribution in [2.45, 2.75) is 27.7 Å². The van der Waals surface area contributed by atoms with Gasteiger partial charge in [-0.3, -0.25) is 10.4 Å². The van der Waals surface area contributed by atoms with E-state index in [1.54, 1.807) is 11.3 Å². The first-order valence-corrected chi connectivity index (χ1v) is 8.75. The molecule has 3 nitrogen and oxygen atoms in total. The molecule has 0 fully saturated rings. The number of benzene rings is 1. The third-order valence-electron chi connectivity index (χ3n) is 3.91. The average Bonchev–Trinajstić information content (AvgIpc) is 2.79. The van der Waals surface area contributed by atoms with Gasteiger partial charge in [0.05, 0.1) is 11.5 Å². The van der Waals surface area contributed by atoms with Crippen molar-refractivity contribution < 1.29 is 0 Å². The van der Waals surface area contributed by atoms with Gasteiger partial charge in [0, 0.05) is 34.6 Å². The summed E-state index contributed by atoms with van der Waals surface area (Å²) in [4.78, 5) is 7.84. The molecular weight excluding hydrogens is 326 g/mol. The highest BCUT2D eigenvalue weighted by molar-refractivity contribution is 7.17. The van der Waals surface area contributed by atoms with Gasteiger partial charge in [-0.2, -0.15) is 0 Å². The van der Waals surface area contributed by atoms with Crippen molar-refractivity contribution in [3.63, 3.8) is 0 Å². The fourth-order valence-corrected chi connectivity index (χ4v) is 4.00. The Morgan fingerprint density at radius 3 is 2.35 bits per heavy atom. The zero-order valence-corrected chi connectivity index (χ0v) is 15.8. The lowest BCUT2D eigenvalue weighted by Gasteiger charge is -2.22. The van der Waals surface area contributed by atoms with Gasteiger partial charge < -0.3 is 4.90 Å². The topological polar surface area (TPSA) is 39.5 Å². The molecular formula is C18H22ClN3S. The van der Waals surface area contributed by atoms with Gasteiger partial charge in [0.1, 0.15) is 5.00 Å². The zero-order chi connectivity index (χ0) is 17.1. The minimum atomic E-state index is 0.543. The van der Waals surface area contributed by atoms with E-state index in [0.29, 0.717) is 10.9 Å². The lowest BCUT2D eigenvalue weighted by atomic mass is 9.99. The predicted octanol–water partition coefficient (Wildman–Crippen LogP) is 5.31. The predicted molar refractivity (Wildman–Crippen MR) is 103 cm³/mol. The molecule has 122 valence electrons. The van der Waals surface area contributed by atoms with Gasteiger partial charge in [0.25, 0.3) is 0 Å². The normalized spacial score (nSPS) is 11.7. The van der Waals surface area contributed by atoms with Crippen LogP contribution in [0, 0.1) is 19.3 Å². The molecule has 5 heteroatoms. The molecule has 2 rings (SSSR count). The van der Waals surface area contributed by atoms with Crippen molar-refractivity contribution in [3.8, 4) is 0 Å². The Kier molecular flexibility index (Phi) is 5.60. The number of anilines is 1. The van der Waals surface area contributed by atoms with Crippen molar-refractivity contribution in [2.24, 2.45) is 4.99 Å². The standard InChI is InChI=1S/C18H22ClN3S/c1-6-22(13(4)20)18-16(11(2)12(3)23-18)17(21-5)14-7-9-15(19)10-8-14/h7-10,20H,6H2,1-5H3/b20-13?,21-17-. The summed E-state index contributed by atoms with van der Waals surface area (Å²) >= 11 is 7.73. The number of aliphatic imine (C=N–C) groups is 1. The third-order valence-corrected chi connectivity index (χ3v) is 5.39. The van der Waals surface area contributed by atoms with Crippen LogP contribution in [0.5, 0.6) is 0 Å². The smallest absolute Gasteiger partial charge is 0.106 e. The van der Waals surface area contributed by atoms with Crippen LogP contribution in [0.25, 0.3) is 0 Å². The highest BCUT2D eigenvalue weighted by atomic mass is 35.5. The number of nitrogens with one attached hydrogen (secondary N) is 1. The third kappa shape index (κ3) is 3.48.